The number of aromatic carboxylic acids is 1. The van der Waals surface area contributed by atoms with Gasteiger partial charge in [0, 0.05) is 40.9 Å². The van der Waals surface area contributed by atoms with Crippen LogP contribution in [0.4, 0.5) is 0 Å². The van der Waals surface area contributed by atoms with E-state index in [0.29, 0.717) is 12.1 Å². The van der Waals surface area contributed by atoms with Gasteiger partial charge in [0.25, 0.3) is 0 Å². The van der Waals surface area contributed by atoms with Gasteiger partial charge < -0.3 is 21.8 Å². The number of benzene rings is 3. The van der Waals surface area contributed by atoms with Gasteiger partial charge in [0.05, 0.1) is 11.1 Å². The summed E-state index contributed by atoms with van der Waals surface area (Å²) in [4.78, 5) is 12.7. The van der Waals surface area contributed by atoms with Crippen LogP contribution in [-0.4, -0.2) is 22.2 Å². The molecule has 3 aromatic carbocycles. The number of rotatable bonds is 8. The van der Waals surface area contributed by atoms with Crippen LogP contribution in [0.25, 0.3) is 22.0 Å². The molecule has 4 aromatic rings. The molecule has 0 saturated heterocycles. The third-order valence-corrected chi connectivity index (χ3v) is 7.47. The molecule has 0 amide bonds. The number of carbonyl (C=O) groups is 1. The average molecular weight is 635 g/mol. The minimum absolute atomic E-state index is 0. The molecule has 0 atom stereocenters. The van der Waals surface area contributed by atoms with Crippen LogP contribution in [0.1, 0.15) is 48.7 Å². The van der Waals surface area contributed by atoms with Crippen LogP contribution in [-0.2, 0) is 16.3 Å². The molecular weight excluding hydrogens is 603 g/mol. The number of para-hydroxylation sites is 1. The van der Waals surface area contributed by atoms with Gasteiger partial charge in [-0.1, -0.05) is 56.7 Å². The molecule has 1 N–H and O–H groups in total. The first-order valence-corrected chi connectivity index (χ1v) is 12.5. The van der Waals surface area contributed by atoms with Crippen LogP contribution in [0.3, 0.4) is 0 Å². The SMILES string of the molecule is CCC(C)(C)c1cc(SOCn2ccc3cccc(C(=O)O)c32)cc(-c2ccc3c(c2)[CH-]CO3)c1.[CH3-].[Cs+]. The summed E-state index contributed by atoms with van der Waals surface area (Å²) in [7, 11) is 0. The quantitative estimate of drug-likeness (QED) is 0.224. The first-order chi connectivity index (χ1) is 16.9. The Morgan fingerprint density at radius 2 is 1.95 bits per heavy atom. The van der Waals surface area contributed by atoms with E-state index in [1.807, 2.05) is 29.0 Å². The number of carboxylic acids is 1. The molecule has 1 aliphatic heterocycles. The third-order valence-electron chi connectivity index (χ3n) is 6.82. The van der Waals surface area contributed by atoms with E-state index in [9.17, 15) is 9.90 Å². The van der Waals surface area contributed by atoms with Gasteiger partial charge in [0.1, 0.15) is 6.73 Å². The summed E-state index contributed by atoms with van der Waals surface area (Å²) in [5.41, 5.74) is 5.61. The minimum Gasteiger partial charge on any atom is -0.558 e. The van der Waals surface area contributed by atoms with E-state index in [2.05, 4.69) is 57.5 Å². The number of ether oxygens (including phenoxy) is 1. The van der Waals surface area contributed by atoms with E-state index in [0.717, 1.165) is 39.1 Å². The van der Waals surface area contributed by atoms with Gasteiger partial charge in [-0.05, 0) is 47.2 Å². The Labute approximate surface area is 282 Å². The van der Waals surface area contributed by atoms with Crippen molar-refractivity contribution in [2.45, 2.75) is 44.2 Å². The molecule has 37 heavy (non-hydrogen) atoms. The zero-order valence-corrected chi connectivity index (χ0v) is 29.2. The maximum atomic E-state index is 11.7. The predicted molar refractivity (Wildman–Crippen MR) is 146 cm³/mol. The van der Waals surface area contributed by atoms with Crippen molar-refractivity contribution in [1.82, 2.24) is 4.57 Å². The second-order valence-corrected chi connectivity index (χ2v) is 10.3. The second kappa shape index (κ2) is 12.7. The molecule has 2 heterocycles. The molecular formula is C30H31CsNO4S-. The predicted octanol–water partition coefficient (Wildman–Crippen LogP) is 4.77. The van der Waals surface area contributed by atoms with Gasteiger partial charge in [-0.15, -0.1) is 12.0 Å². The summed E-state index contributed by atoms with van der Waals surface area (Å²) in [5.74, 6) is -0.0178. The number of hydrogen-bond donors (Lipinski definition) is 1. The van der Waals surface area contributed by atoms with Crippen molar-refractivity contribution in [3.05, 3.63) is 97.4 Å². The summed E-state index contributed by atoms with van der Waals surface area (Å²) in [6.45, 7) is 7.57. The standard InChI is InChI=1S/C29H28NO4S.CH3.Cs/c1-4-29(2,3)23-15-22(20-8-9-26-21(14-20)11-13-33-26)16-24(17-23)35-34-18-30-12-10-19-6-5-7-25(27(19)30)28(31)32;;/h5-12,14-17H,4,13,18H2,1-3H3,(H,31,32);1H3;/q2*-1;+1. The van der Waals surface area contributed by atoms with Crippen molar-refractivity contribution in [3.63, 3.8) is 0 Å². The smallest absolute Gasteiger partial charge is 0.558 e. The van der Waals surface area contributed by atoms with Crippen molar-refractivity contribution in [2.24, 2.45) is 0 Å². The first kappa shape index (κ1) is 30.2. The van der Waals surface area contributed by atoms with Crippen molar-refractivity contribution in [2.75, 3.05) is 6.61 Å². The van der Waals surface area contributed by atoms with Crippen molar-refractivity contribution in [1.29, 1.82) is 0 Å². The molecule has 0 unspecified atom stereocenters. The summed E-state index contributed by atoms with van der Waals surface area (Å²) < 4.78 is 13.5. The summed E-state index contributed by atoms with van der Waals surface area (Å²) in [6.07, 6.45) is 4.98. The molecule has 0 fully saturated rings. The molecule has 5 rings (SSSR count). The van der Waals surface area contributed by atoms with Crippen molar-refractivity contribution < 1.29 is 87.7 Å². The van der Waals surface area contributed by atoms with E-state index in [1.165, 1.54) is 17.6 Å². The van der Waals surface area contributed by atoms with Gasteiger partial charge in [-0.3, -0.25) is 4.18 Å². The van der Waals surface area contributed by atoms with Crippen LogP contribution >= 0.6 is 12.0 Å². The van der Waals surface area contributed by atoms with Gasteiger partial charge in [0.2, 0.25) is 0 Å². The molecule has 5 nitrogen and oxygen atoms in total. The third kappa shape index (κ3) is 6.48. The summed E-state index contributed by atoms with van der Waals surface area (Å²) in [5, 5.41) is 10.5. The molecule has 0 aliphatic carbocycles. The monoisotopic (exact) mass is 634 g/mol. The zero-order chi connectivity index (χ0) is 24.6. The maximum Gasteiger partial charge on any atom is 1.00 e. The topological polar surface area (TPSA) is 60.7 Å². The van der Waals surface area contributed by atoms with Gasteiger partial charge in [-0.25, -0.2) is 4.79 Å². The second-order valence-electron chi connectivity index (χ2n) is 9.42. The Balaban J connectivity index is 0.00000190. The van der Waals surface area contributed by atoms with E-state index >= 15 is 0 Å². The Hall–Kier alpha value is -1.30. The Morgan fingerprint density at radius 3 is 2.70 bits per heavy atom. The summed E-state index contributed by atoms with van der Waals surface area (Å²) in [6, 6.07) is 20.1. The Bertz CT molecular complexity index is 1410. The van der Waals surface area contributed by atoms with E-state index in [1.54, 1.807) is 12.1 Å². The average Bonchev–Trinajstić information content (AvgIpc) is 3.50. The minimum atomic E-state index is -0.945. The maximum absolute atomic E-state index is 11.7. The zero-order valence-electron chi connectivity index (χ0n) is 22.1. The number of nitrogens with zero attached hydrogens (tertiary/aromatic N) is 1. The van der Waals surface area contributed by atoms with Gasteiger partial charge >= 0.3 is 74.9 Å². The molecule has 188 valence electrons. The first-order valence-electron chi connectivity index (χ1n) is 11.7. The molecule has 0 bridgehead atoms. The Morgan fingerprint density at radius 1 is 1.14 bits per heavy atom. The normalized spacial score (nSPS) is 12.2. The molecule has 7 heteroatoms. The van der Waals surface area contributed by atoms with E-state index < -0.39 is 5.97 Å². The van der Waals surface area contributed by atoms with E-state index in [4.69, 9.17) is 8.92 Å². The molecule has 1 aromatic heterocycles. The number of hydrogen-bond acceptors (Lipinski definition) is 4. The Kier molecular flexibility index (Phi) is 10.4. The van der Waals surface area contributed by atoms with Crippen LogP contribution < -0.4 is 73.6 Å². The van der Waals surface area contributed by atoms with E-state index in [-0.39, 0.29) is 94.0 Å². The van der Waals surface area contributed by atoms with Gasteiger partial charge in [0.15, 0.2) is 0 Å². The fourth-order valence-corrected chi connectivity index (χ4v) is 4.99. The van der Waals surface area contributed by atoms with Crippen LogP contribution in [0.2, 0.25) is 0 Å². The van der Waals surface area contributed by atoms with Crippen molar-refractivity contribution >= 4 is 28.9 Å². The molecule has 1 aliphatic rings. The van der Waals surface area contributed by atoms with Gasteiger partial charge in [-0.2, -0.15) is 6.07 Å². The number of aromatic nitrogens is 1. The molecule has 0 saturated carbocycles. The fourth-order valence-electron chi connectivity index (χ4n) is 4.34. The van der Waals surface area contributed by atoms with Crippen molar-refractivity contribution in [3.8, 4) is 16.9 Å². The summed E-state index contributed by atoms with van der Waals surface area (Å²) >= 11 is 1.32. The molecule has 0 radical (unpaired) electrons. The molecule has 0 spiro atoms. The largest absolute Gasteiger partial charge is 1.00 e. The number of fused-ring (bicyclic) bond motifs is 2. The van der Waals surface area contributed by atoms with Crippen LogP contribution in [0, 0.1) is 13.8 Å². The van der Waals surface area contributed by atoms with Crippen LogP contribution in [0.15, 0.2) is 71.8 Å². The number of carboxylic acid groups (broad SMARTS) is 1. The fraction of sp³-hybridized carbons (Fsp3) is 0.233. The van der Waals surface area contributed by atoms with Crippen LogP contribution in [0.5, 0.6) is 5.75 Å².